The molecule has 78 valence electrons. The van der Waals surface area contributed by atoms with Gasteiger partial charge in [-0.2, -0.15) is 13.2 Å². The van der Waals surface area contributed by atoms with Gasteiger partial charge in [-0.3, -0.25) is 0 Å². The first kappa shape index (κ1) is 11.7. The van der Waals surface area contributed by atoms with Gasteiger partial charge in [-0.25, -0.2) is 0 Å². The summed E-state index contributed by atoms with van der Waals surface area (Å²) in [5.74, 6) is 0. The van der Waals surface area contributed by atoms with E-state index in [2.05, 4.69) is 0 Å². The van der Waals surface area contributed by atoms with Crippen molar-refractivity contribution >= 4 is 23.4 Å². The minimum Gasteiger partial charge on any atom is -0.168 e. The fraction of sp³-hybridized carbons (Fsp3) is 0.333. The van der Waals surface area contributed by atoms with Crippen LogP contribution in [0.5, 0.6) is 0 Å². The average molecular weight is 241 g/mol. The third-order valence-corrected chi connectivity index (χ3v) is 3.05. The van der Waals surface area contributed by atoms with Gasteiger partial charge in [0.25, 0.3) is 0 Å². The summed E-state index contributed by atoms with van der Waals surface area (Å²) < 4.78 is 34.3. The van der Waals surface area contributed by atoms with Crippen LogP contribution >= 0.6 is 23.4 Å². The van der Waals surface area contributed by atoms with Crippen LogP contribution in [0.15, 0.2) is 29.2 Å². The molecular weight excluding hydrogens is 233 g/mol. The number of rotatable bonds is 2. The van der Waals surface area contributed by atoms with Crippen LogP contribution in [0.4, 0.5) is 13.2 Å². The minimum absolute atomic E-state index is 0.521. The maximum Gasteiger partial charge on any atom is 0.414 e. The highest BCUT2D eigenvalue weighted by atomic mass is 35.5. The zero-order valence-electron chi connectivity index (χ0n) is 7.31. The van der Waals surface area contributed by atoms with Gasteiger partial charge in [-0.1, -0.05) is 29.5 Å². The lowest BCUT2D eigenvalue weighted by molar-refractivity contribution is -0.113. The molecule has 0 aromatic heterocycles. The summed E-state index contributed by atoms with van der Waals surface area (Å²) in [5, 5.41) is 0. The van der Waals surface area contributed by atoms with Gasteiger partial charge in [0.1, 0.15) is 0 Å². The maximum absolute atomic E-state index is 12.1. The van der Waals surface area contributed by atoms with E-state index in [4.69, 9.17) is 11.6 Å². The molecule has 0 heterocycles. The molecule has 0 saturated heterocycles. The first-order valence-corrected chi connectivity index (χ1v) is 5.15. The summed E-state index contributed by atoms with van der Waals surface area (Å²) in [5.41, 5.74) is 1.01. The maximum atomic E-state index is 12.1. The zero-order valence-corrected chi connectivity index (χ0v) is 8.88. The second-order valence-electron chi connectivity index (χ2n) is 2.79. The smallest absolute Gasteiger partial charge is 0.168 e. The van der Waals surface area contributed by atoms with E-state index in [0.29, 0.717) is 16.7 Å². The molecule has 0 saturated carbocycles. The molecule has 0 spiro atoms. The van der Waals surface area contributed by atoms with Crippen LogP contribution in [-0.2, 0) is 0 Å². The topological polar surface area (TPSA) is 0 Å². The van der Waals surface area contributed by atoms with E-state index in [-0.39, 0.29) is 0 Å². The molecule has 1 aromatic carbocycles. The van der Waals surface area contributed by atoms with Crippen LogP contribution in [0.1, 0.15) is 5.56 Å². The van der Waals surface area contributed by atoms with Crippen molar-refractivity contribution in [3.05, 3.63) is 29.8 Å². The van der Waals surface area contributed by atoms with E-state index in [9.17, 15) is 13.2 Å². The van der Waals surface area contributed by atoms with Gasteiger partial charge < -0.3 is 0 Å². The number of alkyl halides is 4. The number of thioether (sulfide) groups is 1. The highest BCUT2D eigenvalue weighted by molar-refractivity contribution is 8.01. The molecule has 14 heavy (non-hydrogen) atoms. The van der Waals surface area contributed by atoms with Crippen LogP contribution in [0.3, 0.4) is 0 Å². The van der Waals surface area contributed by atoms with Gasteiger partial charge in [0.2, 0.25) is 0 Å². The van der Waals surface area contributed by atoms with E-state index in [0.717, 1.165) is 5.56 Å². The van der Waals surface area contributed by atoms with Crippen molar-refractivity contribution < 1.29 is 13.2 Å². The van der Waals surface area contributed by atoms with Crippen molar-refractivity contribution in [2.45, 2.75) is 22.7 Å². The third kappa shape index (κ3) is 3.42. The molecule has 0 amide bonds. The molecule has 0 fully saturated rings. The van der Waals surface area contributed by atoms with Crippen molar-refractivity contribution in [2.75, 3.05) is 0 Å². The fourth-order valence-corrected chi connectivity index (χ4v) is 1.78. The summed E-state index contributed by atoms with van der Waals surface area (Å²) in [6.07, 6.45) is -4.36. The lowest BCUT2D eigenvalue weighted by Gasteiger charge is -2.12. The lowest BCUT2D eigenvalue weighted by atomic mass is 10.2. The van der Waals surface area contributed by atoms with Crippen LogP contribution in [-0.4, -0.2) is 10.9 Å². The van der Waals surface area contributed by atoms with Gasteiger partial charge in [-0.15, -0.1) is 11.6 Å². The molecule has 0 radical (unpaired) electrons. The Morgan fingerprint density at radius 3 is 2.14 bits per heavy atom. The van der Waals surface area contributed by atoms with Crippen molar-refractivity contribution in [1.29, 1.82) is 0 Å². The van der Waals surface area contributed by atoms with E-state index in [1.54, 1.807) is 24.3 Å². The number of hydrogen-bond donors (Lipinski definition) is 0. The average Bonchev–Trinajstić information content (AvgIpc) is 2.07. The van der Waals surface area contributed by atoms with Gasteiger partial charge in [0, 0.05) is 4.90 Å². The SMILES string of the molecule is Cc1ccc(SC(Cl)C(F)(F)F)cc1. The molecule has 1 unspecified atom stereocenters. The Morgan fingerprint density at radius 2 is 1.71 bits per heavy atom. The highest BCUT2D eigenvalue weighted by Gasteiger charge is 2.38. The van der Waals surface area contributed by atoms with Crippen molar-refractivity contribution in [3.63, 3.8) is 0 Å². The first-order chi connectivity index (χ1) is 6.39. The van der Waals surface area contributed by atoms with Gasteiger partial charge >= 0.3 is 6.18 Å². The summed E-state index contributed by atoms with van der Waals surface area (Å²) in [6.45, 7) is 1.87. The van der Waals surface area contributed by atoms with Crippen LogP contribution < -0.4 is 0 Å². The predicted octanol–water partition coefficient (Wildman–Crippen LogP) is 4.21. The molecule has 1 atom stereocenters. The first-order valence-electron chi connectivity index (χ1n) is 3.84. The standard InChI is InChI=1S/C9H8ClF3S/c1-6-2-4-7(5-3-6)14-8(10)9(11,12)13/h2-5,8H,1H3. The summed E-state index contributed by atoms with van der Waals surface area (Å²) in [7, 11) is 0. The van der Waals surface area contributed by atoms with Gasteiger partial charge in [0.05, 0.1) is 0 Å². The Hall–Kier alpha value is -0.350. The zero-order chi connectivity index (χ0) is 10.8. The Bertz CT molecular complexity index is 294. The molecule has 0 N–H and O–H groups in total. The fourth-order valence-electron chi connectivity index (χ4n) is 0.803. The monoisotopic (exact) mass is 240 g/mol. The summed E-state index contributed by atoms with van der Waals surface area (Å²) >= 11 is 5.77. The lowest BCUT2D eigenvalue weighted by Crippen LogP contribution is -2.19. The number of aryl methyl sites for hydroxylation is 1. The van der Waals surface area contributed by atoms with E-state index >= 15 is 0 Å². The molecule has 0 aliphatic carbocycles. The minimum atomic E-state index is -4.36. The molecule has 1 rings (SSSR count). The van der Waals surface area contributed by atoms with Gasteiger partial charge in [0.15, 0.2) is 4.71 Å². The second kappa shape index (κ2) is 4.45. The highest BCUT2D eigenvalue weighted by Crippen LogP contribution is 2.37. The van der Waals surface area contributed by atoms with Crippen LogP contribution in [0, 0.1) is 6.92 Å². The van der Waals surface area contributed by atoms with Gasteiger partial charge in [-0.05, 0) is 19.1 Å². The molecule has 0 nitrogen and oxygen atoms in total. The molecule has 0 aliphatic heterocycles. The number of benzene rings is 1. The quantitative estimate of drug-likeness (QED) is 0.551. The Balaban J connectivity index is 2.65. The number of hydrogen-bond acceptors (Lipinski definition) is 1. The van der Waals surface area contributed by atoms with Crippen molar-refractivity contribution in [3.8, 4) is 0 Å². The van der Waals surface area contributed by atoms with Crippen molar-refractivity contribution in [1.82, 2.24) is 0 Å². The van der Waals surface area contributed by atoms with E-state index in [1.165, 1.54) is 0 Å². The molecule has 0 aliphatic rings. The normalized spacial score (nSPS) is 14.1. The van der Waals surface area contributed by atoms with Crippen molar-refractivity contribution in [2.24, 2.45) is 0 Å². The second-order valence-corrected chi connectivity index (χ2v) is 4.66. The van der Waals surface area contributed by atoms with E-state index < -0.39 is 10.9 Å². The molecule has 5 heteroatoms. The largest absolute Gasteiger partial charge is 0.414 e. The summed E-state index contributed by atoms with van der Waals surface area (Å²) in [6, 6.07) is 6.76. The Morgan fingerprint density at radius 1 is 1.21 bits per heavy atom. The number of halogens is 4. The van der Waals surface area contributed by atoms with E-state index in [1.807, 2.05) is 6.92 Å². The predicted molar refractivity (Wildman–Crippen MR) is 52.7 cm³/mol. The van der Waals surface area contributed by atoms with Crippen LogP contribution in [0.2, 0.25) is 0 Å². The Labute approximate surface area is 89.4 Å². The molecule has 1 aromatic rings. The molecule has 0 bridgehead atoms. The Kier molecular flexibility index (Phi) is 3.72. The van der Waals surface area contributed by atoms with Crippen LogP contribution in [0.25, 0.3) is 0 Å². The third-order valence-electron chi connectivity index (χ3n) is 1.52. The summed E-state index contributed by atoms with van der Waals surface area (Å²) in [4.78, 5) is 0.521. The molecular formula is C9H8ClF3S.